The topological polar surface area (TPSA) is 88.6 Å². The Morgan fingerprint density at radius 2 is 1.25 bits per heavy atom. The largest absolute Gasteiger partial charge is 2.00 e. The summed E-state index contributed by atoms with van der Waals surface area (Å²) in [6, 6.07) is 6.65. The first-order valence-electron chi connectivity index (χ1n) is 7.28. The van der Waals surface area contributed by atoms with E-state index in [0.717, 1.165) is 5.76 Å². The molecule has 4 aromatic heterocycles. The first-order chi connectivity index (χ1) is 11.5. The van der Waals surface area contributed by atoms with Gasteiger partial charge in [0.2, 0.25) is 0 Å². The first kappa shape index (κ1) is 31.5. The molecule has 0 aromatic carbocycles. The Labute approximate surface area is 201 Å². The maximum absolute atomic E-state index is 11.0. The number of halogens is 1. The van der Waals surface area contributed by atoms with Gasteiger partial charge in [0, 0.05) is 16.8 Å². The molecule has 6 nitrogen and oxygen atoms in total. The number of aryl methyl sites for hydroxylation is 1. The number of rotatable bonds is 0. The molecule has 150 valence electrons. The van der Waals surface area contributed by atoms with Gasteiger partial charge in [-0.1, -0.05) is 13.8 Å². The van der Waals surface area contributed by atoms with Gasteiger partial charge in [-0.05, 0) is 41.1 Å². The van der Waals surface area contributed by atoms with E-state index < -0.39 is 0 Å². The summed E-state index contributed by atoms with van der Waals surface area (Å²) in [6.45, 7) is 5.80. The van der Waals surface area contributed by atoms with Crippen molar-refractivity contribution in [2.45, 2.75) is 20.8 Å². The number of pyridine rings is 2. The third kappa shape index (κ3) is 7.69. The quantitative estimate of drug-likeness (QED) is 0.244. The second-order valence-corrected chi connectivity index (χ2v) is 5.24. The van der Waals surface area contributed by atoms with Gasteiger partial charge in [0.1, 0.15) is 16.9 Å². The number of fused-ring (bicyclic) bond motifs is 2. The van der Waals surface area contributed by atoms with Crippen molar-refractivity contribution in [1.82, 2.24) is 9.97 Å². The summed E-state index contributed by atoms with van der Waals surface area (Å²) >= 11 is 3.13. The summed E-state index contributed by atoms with van der Waals surface area (Å²) < 4.78 is 10.9. The predicted molar refractivity (Wildman–Crippen MR) is 108 cm³/mol. The smallest absolute Gasteiger partial charge is 0.629 e. The Hall–Kier alpha value is -1.16. The van der Waals surface area contributed by atoms with Crippen LogP contribution in [0.2, 0.25) is 0 Å². The fourth-order valence-corrected chi connectivity index (χ4v) is 2.38. The molecule has 4 rings (SSSR count). The monoisotopic (exact) mass is 788 g/mol. The van der Waals surface area contributed by atoms with Crippen molar-refractivity contribution < 1.29 is 51.0 Å². The maximum atomic E-state index is 11.0. The molecule has 28 heavy (non-hydrogen) atoms. The van der Waals surface area contributed by atoms with Gasteiger partial charge in [-0.2, -0.15) is 12.4 Å². The van der Waals surface area contributed by atoms with Crippen LogP contribution in [0.5, 0.6) is 0 Å². The molecule has 4 heterocycles. The fraction of sp³-hybridized carbons (Fsp3) is 0.158. The Balaban J connectivity index is -0.000000363. The van der Waals surface area contributed by atoms with Crippen molar-refractivity contribution in [3.8, 4) is 0 Å². The molecule has 0 aliphatic rings. The molecule has 0 radical (unpaired) electrons. The minimum Gasteiger partial charge on any atom is -0.629 e. The van der Waals surface area contributed by atoms with Gasteiger partial charge < -0.3 is 43.2 Å². The molecule has 0 amide bonds. The van der Waals surface area contributed by atoms with E-state index in [1.807, 2.05) is 13.8 Å². The molecule has 4 aromatic rings. The number of aromatic nitrogens is 2. The Morgan fingerprint density at radius 1 is 0.821 bits per heavy atom. The molecule has 0 N–H and O–H groups in total. The number of furan rings is 2. The van der Waals surface area contributed by atoms with Gasteiger partial charge in [-0.15, -0.1) is 0 Å². The van der Waals surface area contributed by atoms with Crippen LogP contribution < -0.4 is 21.1 Å². The fourth-order valence-electron chi connectivity index (χ4n) is 1.97. The molecular formula is C19H21BrN2O4W2. The molecule has 0 unspecified atom stereocenters. The van der Waals surface area contributed by atoms with Crippen LogP contribution >= 0.6 is 15.9 Å². The zero-order valence-corrected chi connectivity index (χ0v) is 23.6. The molecular weight excluding hydrogens is 768 g/mol. The standard InChI is InChI=1S/C8H7NO2.C7H4BrNO2.C2H6.2CH3.2W/c1-5-4-6-7(11-5)2-3-9-8(6)10;8-6-3-4-5(11-6)1-2-9-7(4)10;1-2;;;;/h2-4H,1H3,(H,9,10);1-3H,(H,9,10);1-2H3;2*1H3;;/q;;;2*-1;2*+2/p-2. The summed E-state index contributed by atoms with van der Waals surface area (Å²) in [6.07, 6.45) is 2.88. The molecule has 9 heteroatoms. The summed E-state index contributed by atoms with van der Waals surface area (Å²) in [4.78, 5) is 29.2. The minimum atomic E-state index is -0.253. The van der Waals surface area contributed by atoms with E-state index in [4.69, 9.17) is 8.83 Å². The van der Waals surface area contributed by atoms with Crippen LogP contribution in [-0.4, -0.2) is 0 Å². The summed E-state index contributed by atoms with van der Waals surface area (Å²) in [7, 11) is 0. The van der Waals surface area contributed by atoms with Crippen LogP contribution in [0.4, 0.5) is 0 Å². The van der Waals surface area contributed by atoms with Crippen molar-refractivity contribution >= 4 is 37.9 Å². The number of nitrogens with zero attached hydrogens (tertiary/aromatic N) is 2. The average Bonchev–Trinajstić information content (AvgIpc) is 3.13. The Kier molecular flexibility index (Phi) is 16.6. The van der Waals surface area contributed by atoms with Crippen LogP contribution in [-0.2, 0) is 42.1 Å². The van der Waals surface area contributed by atoms with Crippen LogP contribution in [0.15, 0.2) is 59.8 Å². The van der Waals surface area contributed by atoms with Crippen LogP contribution in [0.1, 0.15) is 19.6 Å². The molecule has 0 aliphatic heterocycles. The predicted octanol–water partition coefficient (Wildman–Crippen LogP) is 4.49. The first-order valence-corrected chi connectivity index (χ1v) is 8.07. The van der Waals surface area contributed by atoms with Crippen molar-refractivity contribution in [2.24, 2.45) is 0 Å². The Bertz CT molecular complexity index is 981. The van der Waals surface area contributed by atoms with Gasteiger partial charge in [-0.3, -0.25) is 0 Å². The summed E-state index contributed by atoms with van der Waals surface area (Å²) in [5, 5.41) is 1.07. The molecule has 0 fully saturated rings. The van der Waals surface area contributed by atoms with Crippen molar-refractivity contribution in [2.75, 3.05) is 0 Å². The van der Waals surface area contributed by atoms with Crippen molar-refractivity contribution in [3.63, 3.8) is 0 Å². The number of hydrogen-bond acceptors (Lipinski definition) is 4. The van der Waals surface area contributed by atoms with Crippen molar-refractivity contribution in [1.29, 1.82) is 0 Å². The van der Waals surface area contributed by atoms with Gasteiger partial charge in [0.25, 0.3) is 0 Å². The third-order valence-electron chi connectivity index (χ3n) is 2.91. The van der Waals surface area contributed by atoms with E-state index in [9.17, 15) is 9.59 Å². The summed E-state index contributed by atoms with van der Waals surface area (Å²) in [5.41, 5.74) is 0.704. The Morgan fingerprint density at radius 3 is 1.68 bits per heavy atom. The molecule has 0 aliphatic carbocycles. The average molecular weight is 789 g/mol. The number of hydrogen-bond donors (Lipinski definition) is 0. The molecule has 0 atom stereocenters. The maximum Gasteiger partial charge on any atom is 2.00 e. The second kappa shape index (κ2) is 14.8. The van der Waals surface area contributed by atoms with Gasteiger partial charge in [0.05, 0.1) is 11.1 Å². The minimum absolute atomic E-state index is 0. The van der Waals surface area contributed by atoms with E-state index in [1.54, 1.807) is 31.2 Å². The van der Waals surface area contributed by atoms with E-state index in [2.05, 4.69) is 25.9 Å². The van der Waals surface area contributed by atoms with E-state index >= 15 is 0 Å². The molecule has 0 saturated carbocycles. The van der Waals surface area contributed by atoms with Gasteiger partial charge in [-0.25, -0.2) is 0 Å². The summed E-state index contributed by atoms with van der Waals surface area (Å²) in [5.74, 6) is 0.741. The normalized spacial score (nSPS) is 8.57. The zero-order valence-electron chi connectivity index (χ0n) is 16.2. The molecule has 0 saturated heterocycles. The third-order valence-corrected chi connectivity index (χ3v) is 3.30. The zero-order chi connectivity index (χ0) is 17.7. The van der Waals surface area contributed by atoms with Gasteiger partial charge >= 0.3 is 42.1 Å². The van der Waals surface area contributed by atoms with Crippen LogP contribution in [0, 0.1) is 21.8 Å². The molecule has 0 spiro atoms. The molecule has 0 bridgehead atoms. The van der Waals surface area contributed by atoms with Gasteiger partial charge in [0.15, 0.2) is 4.67 Å². The van der Waals surface area contributed by atoms with Crippen LogP contribution in [0.3, 0.4) is 0 Å². The second-order valence-electron chi connectivity index (χ2n) is 4.46. The SMILES string of the molecule is CC.Cc1cc2c(=O)[n-]ccc2o1.O=c1[n-]ccc2oc(Br)cc12.[CH3-].[CH3-].[W+2].[W+2]. The van der Waals surface area contributed by atoms with Crippen LogP contribution in [0.25, 0.3) is 21.9 Å². The van der Waals surface area contributed by atoms with E-state index in [1.165, 1.54) is 12.4 Å². The van der Waals surface area contributed by atoms with E-state index in [-0.39, 0.29) is 68.1 Å². The van der Waals surface area contributed by atoms with Crippen molar-refractivity contribution in [3.05, 3.63) is 82.6 Å². The van der Waals surface area contributed by atoms with E-state index in [0.29, 0.717) is 26.6 Å².